The normalized spacial score (nSPS) is 11.3. The first kappa shape index (κ1) is 16.7. The maximum atomic E-state index is 9.40. The van der Waals surface area contributed by atoms with Crippen LogP contribution in [0.1, 0.15) is 11.1 Å². The minimum Gasteiger partial charge on any atom is -0.508 e. The fourth-order valence-corrected chi connectivity index (χ4v) is 2.20. The van der Waals surface area contributed by atoms with Crippen molar-refractivity contribution in [1.29, 1.82) is 0 Å². The fraction of sp³-hybridized carbons (Fsp3) is 0.278. The van der Waals surface area contributed by atoms with E-state index in [2.05, 4.69) is 10.3 Å². The first-order valence-corrected chi connectivity index (χ1v) is 7.62. The predicted molar refractivity (Wildman–Crippen MR) is 93.0 cm³/mol. The number of guanidine groups is 1. The van der Waals surface area contributed by atoms with Crippen molar-refractivity contribution < 1.29 is 9.84 Å². The van der Waals surface area contributed by atoms with Gasteiger partial charge in [-0.15, -0.1) is 0 Å². The summed E-state index contributed by atoms with van der Waals surface area (Å²) >= 11 is 0. The number of phenolic OH excluding ortho intramolecular Hbond substituents is 1. The van der Waals surface area contributed by atoms with Gasteiger partial charge in [0, 0.05) is 13.1 Å². The van der Waals surface area contributed by atoms with Gasteiger partial charge in [-0.2, -0.15) is 0 Å². The van der Waals surface area contributed by atoms with Gasteiger partial charge in [0.25, 0.3) is 0 Å². The molecular formula is C18H23N3O2. The summed E-state index contributed by atoms with van der Waals surface area (Å²) in [7, 11) is 1.66. The summed E-state index contributed by atoms with van der Waals surface area (Å²) in [5.74, 6) is 1.58. The molecule has 0 atom stereocenters. The summed E-state index contributed by atoms with van der Waals surface area (Å²) in [6.07, 6.45) is 1.61. The highest BCUT2D eigenvalue weighted by Gasteiger charge is 1.97. The molecule has 0 aliphatic rings. The molecule has 2 aromatic carbocycles. The van der Waals surface area contributed by atoms with E-state index in [0.717, 1.165) is 24.2 Å². The highest BCUT2D eigenvalue weighted by Crippen LogP contribution is 2.12. The predicted octanol–water partition coefficient (Wildman–Crippen LogP) is 2.09. The Balaban J connectivity index is 1.70. The zero-order chi connectivity index (χ0) is 16.5. The molecule has 23 heavy (non-hydrogen) atoms. The second kappa shape index (κ2) is 8.68. The van der Waals surface area contributed by atoms with Crippen LogP contribution in [0.2, 0.25) is 0 Å². The van der Waals surface area contributed by atoms with Crippen LogP contribution in [0.25, 0.3) is 0 Å². The molecule has 2 rings (SSSR count). The molecular weight excluding hydrogens is 290 g/mol. The van der Waals surface area contributed by atoms with Crippen molar-refractivity contribution in [1.82, 2.24) is 5.32 Å². The van der Waals surface area contributed by atoms with Crippen molar-refractivity contribution >= 4 is 5.96 Å². The highest BCUT2D eigenvalue weighted by atomic mass is 16.5. The van der Waals surface area contributed by atoms with E-state index in [1.54, 1.807) is 19.2 Å². The molecule has 0 saturated heterocycles. The van der Waals surface area contributed by atoms with Gasteiger partial charge in [0.1, 0.15) is 11.5 Å². The van der Waals surface area contributed by atoms with Gasteiger partial charge in [0.2, 0.25) is 0 Å². The number of ether oxygens (including phenoxy) is 1. The third kappa shape index (κ3) is 5.90. The largest absolute Gasteiger partial charge is 0.508 e. The van der Waals surface area contributed by atoms with Crippen LogP contribution in [-0.4, -0.2) is 31.3 Å². The molecule has 4 N–H and O–H groups in total. The van der Waals surface area contributed by atoms with Crippen LogP contribution in [-0.2, 0) is 12.8 Å². The first-order chi connectivity index (χ1) is 11.2. The zero-order valence-electron chi connectivity index (χ0n) is 13.3. The molecule has 0 heterocycles. The van der Waals surface area contributed by atoms with Crippen molar-refractivity contribution in [3.8, 4) is 11.5 Å². The van der Waals surface area contributed by atoms with Crippen molar-refractivity contribution in [2.75, 3.05) is 20.2 Å². The molecule has 0 spiro atoms. The average Bonchev–Trinajstić information content (AvgIpc) is 2.55. The van der Waals surface area contributed by atoms with Crippen LogP contribution in [0, 0.1) is 0 Å². The Bertz CT molecular complexity index is 639. The van der Waals surface area contributed by atoms with E-state index < -0.39 is 0 Å². The fourth-order valence-electron chi connectivity index (χ4n) is 2.20. The number of nitrogens with one attached hydrogen (secondary N) is 1. The van der Waals surface area contributed by atoms with Gasteiger partial charge in [-0.25, -0.2) is 0 Å². The SMILES string of the molecule is COc1ccc(CCN=C(N)NCCc2cccc(O)c2)cc1. The summed E-state index contributed by atoms with van der Waals surface area (Å²) in [6, 6.07) is 15.1. The molecule has 5 heteroatoms. The minimum atomic E-state index is 0.281. The number of methoxy groups -OCH3 is 1. The quantitative estimate of drug-likeness (QED) is 0.540. The lowest BCUT2D eigenvalue weighted by Gasteiger charge is -2.06. The Labute approximate surface area is 136 Å². The number of nitrogens with two attached hydrogens (primary N) is 1. The smallest absolute Gasteiger partial charge is 0.188 e. The molecule has 0 bridgehead atoms. The number of rotatable bonds is 7. The lowest BCUT2D eigenvalue weighted by atomic mass is 10.1. The van der Waals surface area contributed by atoms with Crippen LogP contribution >= 0.6 is 0 Å². The summed E-state index contributed by atoms with van der Waals surface area (Å²) in [5.41, 5.74) is 8.10. The Morgan fingerprint density at radius 2 is 1.91 bits per heavy atom. The number of phenols is 1. The van der Waals surface area contributed by atoms with E-state index in [9.17, 15) is 5.11 Å². The molecule has 0 aromatic heterocycles. The van der Waals surface area contributed by atoms with Crippen LogP contribution in [0.4, 0.5) is 0 Å². The molecule has 0 amide bonds. The van der Waals surface area contributed by atoms with Crippen molar-refractivity contribution in [3.63, 3.8) is 0 Å². The summed E-state index contributed by atoms with van der Waals surface area (Å²) in [5, 5.41) is 12.5. The van der Waals surface area contributed by atoms with Crippen LogP contribution < -0.4 is 15.8 Å². The Morgan fingerprint density at radius 3 is 2.61 bits per heavy atom. The molecule has 122 valence electrons. The van der Waals surface area contributed by atoms with E-state index in [4.69, 9.17) is 10.5 Å². The summed E-state index contributed by atoms with van der Waals surface area (Å²) < 4.78 is 5.13. The van der Waals surface area contributed by atoms with Gasteiger partial charge in [-0.1, -0.05) is 24.3 Å². The third-order valence-electron chi connectivity index (χ3n) is 3.47. The number of nitrogens with zero attached hydrogens (tertiary/aromatic N) is 1. The number of aliphatic imine (C=N–C) groups is 1. The summed E-state index contributed by atoms with van der Waals surface area (Å²) in [4.78, 5) is 4.31. The lowest BCUT2D eigenvalue weighted by molar-refractivity contribution is 0.414. The van der Waals surface area contributed by atoms with Crippen LogP contribution in [0.15, 0.2) is 53.5 Å². The maximum Gasteiger partial charge on any atom is 0.188 e. The highest BCUT2D eigenvalue weighted by molar-refractivity contribution is 5.77. The van der Waals surface area contributed by atoms with Gasteiger partial charge < -0.3 is 20.9 Å². The molecule has 0 fully saturated rings. The van der Waals surface area contributed by atoms with Gasteiger partial charge in [0.05, 0.1) is 7.11 Å². The van der Waals surface area contributed by atoms with E-state index in [1.807, 2.05) is 36.4 Å². The van der Waals surface area contributed by atoms with Gasteiger partial charge in [-0.3, -0.25) is 4.99 Å². The Kier molecular flexibility index (Phi) is 6.29. The van der Waals surface area contributed by atoms with E-state index in [0.29, 0.717) is 19.0 Å². The second-order valence-corrected chi connectivity index (χ2v) is 5.21. The first-order valence-electron chi connectivity index (χ1n) is 7.62. The standard InChI is InChI=1S/C18H23N3O2/c1-23-17-7-5-14(6-8-17)9-11-20-18(19)21-12-10-15-3-2-4-16(22)13-15/h2-8,13,22H,9-12H2,1H3,(H3,19,20,21). The third-order valence-corrected chi connectivity index (χ3v) is 3.47. The Morgan fingerprint density at radius 1 is 1.13 bits per heavy atom. The second-order valence-electron chi connectivity index (χ2n) is 5.21. The van der Waals surface area contributed by atoms with Gasteiger partial charge >= 0.3 is 0 Å². The van der Waals surface area contributed by atoms with Crippen LogP contribution in [0.3, 0.4) is 0 Å². The number of hydrogen-bond donors (Lipinski definition) is 3. The molecule has 5 nitrogen and oxygen atoms in total. The number of aromatic hydroxyl groups is 1. The van der Waals surface area contributed by atoms with Gasteiger partial charge in [0.15, 0.2) is 5.96 Å². The maximum absolute atomic E-state index is 9.40. The van der Waals surface area contributed by atoms with E-state index in [-0.39, 0.29) is 5.75 Å². The Hall–Kier alpha value is -2.69. The van der Waals surface area contributed by atoms with Crippen molar-refractivity contribution in [3.05, 3.63) is 59.7 Å². The molecule has 0 radical (unpaired) electrons. The monoisotopic (exact) mass is 313 g/mol. The zero-order valence-corrected chi connectivity index (χ0v) is 13.3. The molecule has 0 aliphatic heterocycles. The lowest BCUT2D eigenvalue weighted by Crippen LogP contribution is -2.33. The van der Waals surface area contributed by atoms with Crippen LogP contribution in [0.5, 0.6) is 11.5 Å². The minimum absolute atomic E-state index is 0.281. The average molecular weight is 313 g/mol. The molecule has 0 saturated carbocycles. The van der Waals surface area contributed by atoms with Crippen molar-refractivity contribution in [2.24, 2.45) is 10.7 Å². The molecule has 0 aliphatic carbocycles. The number of hydrogen-bond acceptors (Lipinski definition) is 3. The van der Waals surface area contributed by atoms with E-state index in [1.165, 1.54) is 5.56 Å². The molecule has 2 aromatic rings. The number of benzene rings is 2. The van der Waals surface area contributed by atoms with Crippen molar-refractivity contribution in [2.45, 2.75) is 12.8 Å². The van der Waals surface area contributed by atoms with Gasteiger partial charge in [-0.05, 0) is 48.2 Å². The summed E-state index contributed by atoms with van der Waals surface area (Å²) in [6.45, 7) is 1.32. The topological polar surface area (TPSA) is 79.9 Å². The van der Waals surface area contributed by atoms with E-state index >= 15 is 0 Å². The molecule has 0 unspecified atom stereocenters.